The Hall–Kier alpha value is -1.52. The largest absolute Gasteiger partial charge is 0.480 e. The Morgan fingerprint density at radius 2 is 2.12 bits per heavy atom. The number of carboxylic acids is 1. The first-order valence-corrected chi connectivity index (χ1v) is 5.29. The standard InChI is InChI=1S/C11H20N2O3/c1-5-7-13(4)11(16)12-9(10(14)15)8(3)6-2/h5,8-9H,1,6-7H2,2-4H3,(H,12,16)(H,14,15). The number of amides is 2. The highest BCUT2D eigenvalue weighted by atomic mass is 16.4. The van der Waals surface area contributed by atoms with Gasteiger partial charge in [0.15, 0.2) is 0 Å². The van der Waals surface area contributed by atoms with Crippen LogP contribution in [0.25, 0.3) is 0 Å². The van der Waals surface area contributed by atoms with E-state index < -0.39 is 18.0 Å². The Morgan fingerprint density at radius 3 is 2.50 bits per heavy atom. The van der Waals surface area contributed by atoms with Crippen molar-refractivity contribution in [3.63, 3.8) is 0 Å². The molecule has 2 atom stereocenters. The van der Waals surface area contributed by atoms with Crippen LogP contribution in [0.3, 0.4) is 0 Å². The summed E-state index contributed by atoms with van der Waals surface area (Å²) in [5.41, 5.74) is 0. The topological polar surface area (TPSA) is 69.6 Å². The van der Waals surface area contributed by atoms with E-state index in [1.807, 2.05) is 6.92 Å². The minimum Gasteiger partial charge on any atom is -0.480 e. The molecule has 5 nitrogen and oxygen atoms in total. The highest BCUT2D eigenvalue weighted by Crippen LogP contribution is 2.08. The molecular formula is C11H20N2O3. The lowest BCUT2D eigenvalue weighted by Crippen LogP contribution is -2.49. The van der Waals surface area contributed by atoms with Gasteiger partial charge >= 0.3 is 12.0 Å². The normalized spacial score (nSPS) is 13.7. The minimum atomic E-state index is -1.00. The monoisotopic (exact) mass is 228 g/mol. The summed E-state index contributed by atoms with van der Waals surface area (Å²) in [4.78, 5) is 23.9. The van der Waals surface area contributed by atoms with Crippen molar-refractivity contribution in [1.82, 2.24) is 10.2 Å². The number of urea groups is 1. The Kier molecular flexibility index (Phi) is 6.22. The van der Waals surface area contributed by atoms with Crippen LogP contribution < -0.4 is 5.32 Å². The van der Waals surface area contributed by atoms with Crippen molar-refractivity contribution in [2.24, 2.45) is 5.92 Å². The molecule has 0 aliphatic carbocycles. The maximum Gasteiger partial charge on any atom is 0.326 e. The zero-order valence-corrected chi connectivity index (χ0v) is 10.1. The molecule has 0 aliphatic rings. The van der Waals surface area contributed by atoms with Gasteiger partial charge < -0.3 is 15.3 Å². The smallest absolute Gasteiger partial charge is 0.326 e. The van der Waals surface area contributed by atoms with Crippen molar-refractivity contribution in [3.8, 4) is 0 Å². The van der Waals surface area contributed by atoms with Crippen LogP contribution in [0.15, 0.2) is 12.7 Å². The van der Waals surface area contributed by atoms with Gasteiger partial charge in [-0.15, -0.1) is 6.58 Å². The lowest BCUT2D eigenvalue weighted by atomic mass is 9.99. The summed E-state index contributed by atoms with van der Waals surface area (Å²) < 4.78 is 0. The molecule has 0 spiro atoms. The van der Waals surface area contributed by atoms with E-state index in [4.69, 9.17) is 5.11 Å². The third-order valence-corrected chi connectivity index (χ3v) is 2.51. The molecule has 2 N–H and O–H groups in total. The summed E-state index contributed by atoms with van der Waals surface area (Å²) in [6, 6.07) is -1.24. The predicted molar refractivity (Wildman–Crippen MR) is 62.2 cm³/mol. The van der Waals surface area contributed by atoms with E-state index in [0.29, 0.717) is 13.0 Å². The Labute approximate surface area is 96.1 Å². The molecule has 0 aromatic rings. The average molecular weight is 228 g/mol. The van der Waals surface area contributed by atoms with Gasteiger partial charge in [0.05, 0.1) is 0 Å². The molecule has 0 saturated heterocycles. The molecule has 92 valence electrons. The number of rotatable bonds is 6. The summed E-state index contributed by atoms with van der Waals surface area (Å²) >= 11 is 0. The number of nitrogens with zero attached hydrogens (tertiary/aromatic N) is 1. The lowest BCUT2D eigenvalue weighted by molar-refractivity contribution is -0.140. The van der Waals surface area contributed by atoms with E-state index in [1.54, 1.807) is 20.0 Å². The second-order valence-corrected chi connectivity index (χ2v) is 3.82. The third-order valence-electron chi connectivity index (χ3n) is 2.51. The fraction of sp³-hybridized carbons (Fsp3) is 0.636. The van der Waals surface area contributed by atoms with Crippen LogP contribution in [0.1, 0.15) is 20.3 Å². The first-order chi connectivity index (χ1) is 7.43. The quantitative estimate of drug-likeness (QED) is 0.673. The van der Waals surface area contributed by atoms with Gasteiger partial charge in [-0.2, -0.15) is 0 Å². The molecule has 0 aliphatic heterocycles. The van der Waals surface area contributed by atoms with Gasteiger partial charge in [0.1, 0.15) is 6.04 Å². The Bertz CT molecular complexity index is 266. The number of carbonyl (C=O) groups is 2. The van der Waals surface area contributed by atoms with E-state index in [0.717, 1.165) is 0 Å². The van der Waals surface area contributed by atoms with Crippen molar-refractivity contribution < 1.29 is 14.7 Å². The number of nitrogens with one attached hydrogen (secondary N) is 1. The number of hydrogen-bond acceptors (Lipinski definition) is 2. The van der Waals surface area contributed by atoms with Crippen molar-refractivity contribution >= 4 is 12.0 Å². The molecule has 0 aromatic heterocycles. The summed E-state index contributed by atoms with van der Waals surface area (Å²) in [5, 5.41) is 11.5. The van der Waals surface area contributed by atoms with E-state index in [1.165, 1.54) is 4.90 Å². The molecule has 16 heavy (non-hydrogen) atoms. The van der Waals surface area contributed by atoms with Gasteiger partial charge in [0.2, 0.25) is 0 Å². The average Bonchev–Trinajstić information content (AvgIpc) is 2.24. The molecule has 0 rings (SSSR count). The van der Waals surface area contributed by atoms with Crippen LogP contribution in [0.2, 0.25) is 0 Å². The molecule has 2 amide bonds. The van der Waals surface area contributed by atoms with E-state index >= 15 is 0 Å². The first-order valence-electron chi connectivity index (χ1n) is 5.29. The van der Waals surface area contributed by atoms with Crippen LogP contribution in [0.4, 0.5) is 4.79 Å². The lowest BCUT2D eigenvalue weighted by Gasteiger charge is -2.23. The molecule has 0 heterocycles. The number of carboxylic acid groups (broad SMARTS) is 1. The van der Waals surface area contributed by atoms with Crippen LogP contribution >= 0.6 is 0 Å². The highest BCUT2D eigenvalue weighted by molar-refractivity contribution is 5.82. The van der Waals surface area contributed by atoms with Gasteiger partial charge in [-0.05, 0) is 5.92 Å². The molecule has 0 aromatic carbocycles. The maximum absolute atomic E-state index is 11.6. The van der Waals surface area contributed by atoms with Gasteiger partial charge in [-0.3, -0.25) is 0 Å². The highest BCUT2D eigenvalue weighted by Gasteiger charge is 2.26. The summed E-state index contributed by atoms with van der Waals surface area (Å²) in [6.07, 6.45) is 2.28. The second-order valence-electron chi connectivity index (χ2n) is 3.82. The van der Waals surface area contributed by atoms with Crippen LogP contribution in [-0.2, 0) is 4.79 Å². The number of likely N-dealkylation sites (N-methyl/N-ethyl adjacent to an activating group) is 1. The zero-order valence-electron chi connectivity index (χ0n) is 10.1. The van der Waals surface area contributed by atoms with Crippen LogP contribution in [0.5, 0.6) is 0 Å². The van der Waals surface area contributed by atoms with Crippen molar-refractivity contribution in [2.45, 2.75) is 26.3 Å². The number of carbonyl (C=O) groups excluding carboxylic acids is 1. The molecule has 5 heteroatoms. The van der Waals surface area contributed by atoms with Crippen LogP contribution in [0, 0.1) is 5.92 Å². The summed E-state index contributed by atoms with van der Waals surface area (Å²) in [5.74, 6) is -1.10. The Balaban J connectivity index is 4.45. The fourth-order valence-corrected chi connectivity index (χ4v) is 1.20. The number of hydrogen-bond donors (Lipinski definition) is 2. The van der Waals surface area contributed by atoms with Crippen LogP contribution in [-0.4, -0.2) is 41.6 Å². The minimum absolute atomic E-state index is 0.0985. The maximum atomic E-state index is 11.6. The first kappa shape index (κ1) is 14.5. The third kappa shape index (κ3) is 4.33. The van der Waals surface area contributed by atoms with E-state index in [9.17, 15) is 9.59 Å². The fourth-order valence-electron chi connectivity index (χ4n) is 1.20. The predicted octanol–water partition coefficient (Wildman–Crippen LogP) is 1.31. The molecular weight excluding hydrogens is 208 g/mol. The van der Waals surface area contributed by atoms with E-state index in [-0.39, 0.29) is 5.92 Å². The van der Waals surface area contributed by atoms with Gasteiger partial charge in [0.25, 0.3) is 0 Å². The van der Waals surface area contributed by atoms with Gasteiger partial charge in [-0.25, -0.2) is 9.59 Å². The SMILES string of the molecule is C=CCN(C)C(=O)NC(C(=O)O)C(C)CC. The summed E-state index contributed by atoms with van der Waals surface area (Å²) in [6.45, 7) is 7.59. The molecule has 0 fully saturated rings. The molecule has 0 saturated carbocycles. The molecule has 2 unspecified atom stereocenters. The van der Waals surface area contributed by atoms with E-state index in [2.05, 4.69) is 11.9 Å². The molecule has 0 radical (unpaired) electrons. The second kappa shape index (κ2) is 6.87. The van der Waals surface area contributed by atoms with Gasteiger partial charge in [-0.1, -0.05) is 26.3 Å². The number of aliphatic carboxylic acids is 1. The van der Waals surface area contributed by atoms with Crippen molar-refractivity contribution in [3.05, 3.63) is 12.7 Å². The Morgan fingerprint density at radius 1 is 1.56 bits per heavy atom. The van der Waals surface area contributed by atoms with Crippen molar-refractivity contribution in [2.75, 3.05) is 13.6 Å². The summed E-state index contributed by atoms with van der Waals surface area (Å²) in [7, 11) is 1.59. The van der Waals surface area contributed by atoms with Crippen molar-refractivity contribution in [1.29, 1.82) is 0 Å². The molecule has 0 bridgehead atoms. The van der Waals surface area contributed by atoms with Gasteiger partial charge in [0, 0.05) is 13.6 Å². The zero-order chi connectivity index (χ0) is 12.7.